The second-order valence-electron chi connectivity index (χ2n) is 10.7. The van der Waals surface area contributed by atoms with Crippen LogP contribution in [0.25, 0.3) is 22.6 Å². The molecule has 2 aliphatic carbocycles. The molecule has 0 saturated heterocycles. The van der Waals surface area contributed by atoms with Gasteiger partial charge < -0.3 is 15.0 Å². The highest BCUT2D eigenvalue weighted by Crippen LogP contribution is 2.60. The van der Waals surface area contributed by atoms with Crippen LogP contribution in [0.4, 0.5) is 10.1 Å². The Bertz CT molecular complexity index is 1150. The lowest BCUT2D eigenvalue weighted by Gasteiger charge is -2.20. The minimum Gasteiger partial charge on any atom is -0.388 e. The van der Waals surface area contributed by atoms with Crippen LogP contribution in [-0.4, -0.2) is 41.5 Å². The van der Waals surface area contributed by atoms with Gasteiger partial charge in [0.1, 0.15) is 17.9 Å². The lowest BCUT2D eigenvalue weighted by Crippen LogP contribution is -2.23. The van der Waals surface area contributed by atoms with Crippen LogP contribution in [0.1, 0.15) is 24.6 Å². The Morgan fingerprint density at radius 2 is 2.16 bits per heavy atom. The summed E-state index contributed by atoms with van der Waals surface area (Å²) >= 11 is 0. The summed E-state index contributed by atoms with van der Waals surface area (Å²) in [5.41, 5.74) is 5.51. The summed E-state index contributed by atoms with van der Waals surface area (Å²) in [5.74, 6) is 1.02. The minimum absolute atomic E-state index is 0.331. The molecule has 5 rings (SSSR count). The van der Waals surface area contributed by atoms with E-state index < -0.39 is 8.07 Å². The number of anilines is 1. The van der Waals surface area contributed by atoms with E-state index >= 15 is 0 Å². The molecule has 0 amide bonds. The van der Waals surface area contributed by atoms with Gasteiger partial charge in [0.15, 0.2) is 11.6 Å². The lowest BCUT2D eigenvalue weighted by atomic mass is 9.87. The summed E-state index contributed by atoms with van der Waals surface area (Å²) in [7, 11) is 0.652. The number of hydrogen-bond acceptors (Lipinski definition) is 4. The molecule has 0 bridgehead atoms. The number of aromatic amines is 1. The van der Waals surface area contributed by atoms with Crippen LogP contribution >= 0.6 is 0 Å². The monoisotopic (exact) mass is 441 g/mol. The first kappa shape index (κ1) is 20.7. The average Bonchev–Trinajstić information content (AvgIpc) is 3.02. The molecule has 2 heterocycles. The Kier molecular flexibility index (Phi) is 4.78. The molecule has 2 atom stereocenters. The van der Waals surface area contributed by atoms with Gasteiger partial charge in [-0.1, -0.05) is 26.6 Å². The first-order valence-corrected chi connectivity index (χ1v) is 14.9. The molecule has 2 N–H and O–H groups in total. The maximum Gasteiger partial charge on any atom is 0.159 e. The van der Waals surface area contributed by atoms with Gasteiger partial charge in [0.2, 0.25) is 0 Å². The molecule has 0 unspecified atom stereocenters. The van der Waals surface area contributed by atoms with E-state index in [1.54, 1.807) is 7.05 Å². The number of rotatable bonds is 7. The van der Waals surface area contributed by atoms with E-state index in [9.17, 15) is 4.39 Å². The van der Waals surface area contributed by atoms with Gasteiger partial charge >= 0.3 is 0 Å². The fraction of sp³-hybridized carbons (Fsp3) is 0.565. The topological polar surface area (TPSA) is 67.8 Å². The quantitative estimate of drug-likeness (QED) is 0.398. The van der Waals surface area contributed by atoms with Crippen LogP contribution < -0.4 is 5.32 Å². The maximum absolute atomic E-state index is 14.6. The molecule has 1 saturated carbocycles. The standard InChI is InChI=1S/C23H32FN5OSi/c1-23-11-14(23)8-16-19(12-23)29(13-30-6-7-31(3,4)5)28-20(16)22-26-18-10-15(25-2)9-17(24)21(18)27-22/h9-10,14,25H,6-8,11-13H2,1-5H3,(H,26,27)/t14-,23-/m1/s1. The average molecular weight is 442 g/mol. The largest absolute Gasteiger partial charge is 0.388 e. The lowest BCUT2D eigenvalue weighted by molar-refractivity contribution is 0.0757. The van der Waals surface area contributed by atoms with Gasteiger partial charge in [-0.05, 0) is 48.8 Å². The van der Waals surface area contributed by atoms with Gasteiger partial charge in [-0.25, -0.2) is 14.1 Å². The summed E-state index contributed by atoms with van der Waals surface area (Å²) < 4.78 is 22.6. The van der Waals surface area contributed by atoms with Gasteiger partial charge in [0, 0.05) is 38.7 Å². The third-order valence-corrected chi connectivity index (χ3v) is 8.69. The minimum atomic E-state index is -1.13. The number of hydrogen-bond donors (Lipinski definition) is 2. The fourth-order valence-electron chi connectivity index (χ4n) is 4.77. The number of ether oxygens (including phenoxy) is 1. The van der Waals surface area contributed by atoms with Crippen molar-refractivity contribution in [3.05, 3.63) is 29.2 Å². The maximum atomic E-state index is 14.6. The zero-order chi connectivity index (χ0) is 22.0. The van der Waals surface area contributed by atoms with E-state index in [0.717, 1.165) is 36.9 Å². The van der Waals surface area contributed by atoms with Crippen molar-refractivity contribution >= 4 is 24.8 Å². The summed E-state index contributed by atoms with van der Waals surface area (Å²) in [4.78, 5) is 7.91. The molecule has 0 spiro atoms. The van der Waals surface area contributed by atoms with E-state index in [2.05, 4.69) is 41.8 Å². The van der Waals surface area contributed by atoms with Crippen molar-refractivity contribution in [2.75, 3.05) is 19.0 Å². The summed E-state index contributed by atoms with van der Waals surface area (Å²) in [6.45, 7) is 10.7. The van der Waals surface area contributed by atoms with Crippen molar-refractivity contribution in [1.29, 1.82) is 0 Å². The second kappa shape index (κ2) is 7.17. The van der Waals surface area contributed by atoms with Crippen molar-refractivity contribution < 1.29 is 9.13 Å². The van der Waals surface area contributed by atoms with Crippen LogP contribution in [0, 0.1) is 17.2 Å². The highest BCUT2D eigenvalue weighted by atomic mass is 28.3. The van der Waals surface area contributed by atoms with Crippen LogP contribution in [0.3, 0.4) is 0 Å². The molecule has 8 heteroatoms. The molecule has 1 aromatic carbocycles. The molecule has 0 radical (unpaired) electrons. The SMILES string of the molecule is CNc1cc(F)c2nc(-c3nn(COCC[Si](C)(C)C)c4c3C[C@@H]3C[C@]3(C)C4)[nH]c2c1. The summed E-state index contributed by atoms with van der Waals surface area (Å²) in [6, 6.07) is 4.50. The molecule has 2 aliphatic rings. The fourth-order valence-corrected chi connectivity index (χ4v) is 5.53. The van der Waals surface area contributed by atoms with E-state index in [1.807, 2.05) is 10.7 Å². The Labute approximate surface area is 183 Å². The third kappa shape index (κ3) is 3.80. The van der Waals surface area contributed by atoms with Crippen LogP contribution in [0.5, 0.6) is 0 Å². The van der Waals surface area contributed by atoms with Crippen molar-refractivity contribution in [1.82, 2.24) is 19.7 Å². The Balaban J connectivity index is 1.49. The number of nitrogens with zero attached hydrogens (tertiary/aromatic N) is 3. The summed E-state index contributed by atoms with van der Waals surface area (Å²) in [5, 5.41) is 7.92. The molecule has 3 aromatic rings. The van der Waals surface area contributed by atoms with Crippen LogP contribution in [0.15, 0.2) is 12.1 Å². The van der Waals surface area contributed by atoms with Crippen molar-refractivity contribution in [2.45, 2.75) is 58.6 Å². The smallest absolute Gasteiger partial charge is 0.159 e. The van der Waals surface area contributed by atoms with E-state index in [0.29, 0.717) is 34.9 Å². The molecule has 0 aliphatic heterocycles. The molecule has 166 valence electrons. The number of benzene rings is 1. The molecule has 1 fully saturated rings. The highest BCUT2D eigenvalue weighted by molar-refractivity contribution is 6.76. The highest BCUT2D eigenvalue weighted by Gasteiger charge is 2.54. The zero-order valence-corrected chi connectivity index (χ0v) is 20.1. The number of fused-ring (bicyclic) bond motifs is 3. The number of aromatic nitrogens is 4. The van der Waals surface area contributed by atoms with Gasteiger partial charge in [-0.2, -0.15) is 5.10 Å². The predicted molar refractivity (Wildman–Crippen MR) is 125 cm³/mol. The number of halogens is 1. The molecule has 6 nitrogen and oxygen atoms in total. The first-order valence-electron chi connectivity index (χ1n) is 11.2. The van der Waals surface area contributed by atoms with E-state index in [-0.39, 0.29) is 5.82 Å². The van der Waals surface area contributed by atoms with Gasteiger partial charge in [-0.15, -0.1) is 0 Å². The van der Waals surface area contributed by atoms with Gasteiger partial charge in [0.25, 0.3) is 0 Å². The number of nitrogens with one attached hydrogen (secondary N) is 2. The molecule has 31 heavy (non-hydrogen) atoms. The second-order valence-corrected chi connectivity index (χ2v) is 16.4. The Morgan fingerprint density at radius 3 is 2.90 bits per heavy atom. The third-order valence-electron chi connectivity index (χ3n) is 6.99. The molecular weight excluding hydrogens is 409 g/mol. The van der Waals surface area contributed by atoms with Gasteiger partial charge in [0.05, 0.1) is 5.52 Å². The van der Waals surface area contributed by atoms with Crippen LogP contribution in [-0.2, 0) is 24.3 Å². The summed E-state index contributed by atoms with van der Waals surface area (Å²) in [6.07, 6.45) is 3.30. The Hall–Kier alpha value is -2.19. The number of imidazole rings is 1. The van der Waals surface area contributed by atoms with Crippen molar-refractivity contribution in [2.24, 2.45) is 11.3 Å². The first-order chi connectivity index (χ1) is 14.7. The normalized spacial score (nSPS) is 22.5. The molecular formula is C23H32FN5OSi. The van der Waals surface area contributed by atoms with Crippen molar-refractivity contribution in [3.63, 3.8) is 0 Å². The predicted octanol–water partition coefficient (Wildman–Crippen LogP) is 5.04. The van der Waals surface area contributed by atoms with Crippen LogP contribution in [0.2, 0.25) is 25.7 Å². The zero-order valence-electron chi connectivity index (χ0n) is 19.1. The van der Waals surface area contributed by atoms with E-state index in [4.69, 9.17) is 9.84 Å². The Morgan fingerprint density at radius 1 is 1.35 bits per heavy atom. The van der Waals surface area contributed by atoms with Crippen molar-refractivity contribution in [3.8, 4) is 11.5 Å². The number of H-pyrrole nitrogens is 1. The molecule has 2 aromatic heterocycles. The van der Waals surface area contributed by atoms with E-state index in [1.165, 1.54) is 23.7 Å². The van der Waals surface area contributed by atoms with Gasteiger partial charge in [-0.3, -0.25) is 0 Å².